The fourth-order valence-electron chi connectivity index (χ4n) is 4.68. The van der Waals surface area contributed by atoms with Crippen molar-refractivity contribution in [3.05, 3.63) is 64.8 Å². The quantitative estimate of drug-likeness (QED) is 0.597. The average Bonchev–Trinajstić information content (AvgIpc) is 3.41. The number of hydrogen-bond acceptors (Lipinski definition) is 4. The van der Waals surface area contributed by atoms with E-state index in [0.717, 1.165) is 38.9 Å². The molecule has 6 heteroatoms. The van der Waals surface area contributed by atoms with Gasteiger partial charge in [0.05, 0.1) is 11.6 Å². The monoisotopic (exact) mass is 436 g/mol. The molecule has 1 N–H and O–H groups in total. The van der Waals surface area contributed by atoms with Gasteiger partial charge in [0.2, 0.25) is 5.91 Å². The number of nitrogens with zero attached hydrogens (tertiary/aromatic N) is 3. The van der Waals surface area contributed by atoms with E-state index in [0.29, 0.717) is 6.54 Å². The van der Waals surface area contributed by atoms with Gasteiger partial charge in [0.25, 0.3) is 0 Å². The first-order valence-corrected chi connectivity index (χ1v) is 12.0. The van der Waals surface area contributed by atoms with Crippen LogP contribution < -0.4 is 5.32 Å². The minimum absolute atomic E-state index is 0.185. The minimum atomic E-state index is -0.394. The zero-order valence-electron chi connectivity index (χ0n) is 18.7. The van der Waals surface area contributed by atoms with Crippen molar-refractivity contribution in [3.8, 4) is 10.4 Å². The van der Waals surface area contributed by atoms with Crippen LogP contribution in [0.3, 0.4) is 0 Å². The molecule has 0 saturated carbocycles. The molecule has 1 amide bonds. The molecule has 1 aliphatic heterocycles. The van der Waals surface area contributed by atoms with Gasteiger partial charge >= 0.3 is 0 Å². The maximum atomic E-state index is 13.3. The number of aromatic nitrogens is 2. The third-order valence-corrected chi connectivity index (χ3v) is 7.43. The number of nitrogens with one attached hydrogen (secondary N) is 1. The van der Waals surface area contributed by atoms with Crippen molar-refractivity contribution in [1.82, 2.24) is 20.0 Å². The van der Waals surface area contributed by atoms with E-state index < -0.39 is 5.41 Å². The smallest absolute Gasteiger partial charge is 0.227 e. The molecule has 0 spiro atoms. The van der Waals surface area contributed by atoms with E-state index in [1.807, 2.05) is 24.9 Å². The minimum Gasteiger partial charge on any atom is -0.356 e. The molecule has 1 aliphatic rings. The molecular formula is C25H32N4OS. The highest BCUT2D eigenvalue weighted by Crippen LogP contribution is 2.36. The lowest BCUT2D eigenvalue weighted by molar-refractivity contribution is -0.134. The van der Waals surface area contributed by atoms with Crippen LogP contribution in [-0.2, 0) is 24.8 Å². The number of hydrogen-bond donors (Lipinski definition) is 1. The number of amides is 1. The second-order valence-corrected chi connectivity index (χ2v) is 9.63. The third-order valence-electron chi connectivity index (χ3n) is 6.51. The fourth-order valence-corrected chi connectivity index (χ4v) is 5.41. The molecule has 2 aromatic heterocycles. The van der Waals surface area contributed by atoms with Crippen LogP contribution in [0.2, 0.25) is 0 Å². The molecule has 0 aliphatic carbocycles. The molecule has 5 nitrogen and oxygen atoms in total. The van der Waals surface area contributed by atoms with Gasteiger partial charge in [-0.3, -0.25) is 14.4 Å². The fraction of sp³-hybridized carbons (Fsp3) is 0.440. The largest absolute Gasteiger partial charge is 0.356 e. The number of aryl methyl sites for hydroxylation is 1. The highest BCUT2D eigenvalue weighted by Gasteiger charge is 2.42. The van der Waals surface area contributed by atoms with Crippen LogP contribution >= 0.6 is 11.3 Å². The lowest BCUT2D eigenvalue weighted by Gasteiger charge is -2.42. The Morgan fingerprint density at radius 3 is 2.71 bits per heavy atom. The molecule has 0 unspecified atom stereocenters. The van der Waals surface area contributed by atoms with E-state index in [-0.39, 0.29) is 5.91 Å². The Morgan fingerprint density at radius 2 is 2.06 bits per heavy atom. The van der Waals surface area contributed by atoms with Crippen LogP contribution in [0.1, 0.15) is 36.6 Å². The van der Waals surface area contributed by atoms with Gasteiger partial charge in [-0.05, 0) is 62.2 Å². The Labute approximate surface area is 189 Å². The molecule has 4 rings (SSSR count). The number of carbonyl (C=O) groups excluding carboxylic acids is 1. The second-order valence-electron chi connectivity index (χ2n) is 8.68. The summed E-state index contributed by atoms with van der Waals surface area (Å²) in [6.45, 7) is 7.42. The highest BCUT2D eigenvalue weighted by molar-refractivity contribution is 7.13. The van der Waals surface area contributed by atoms with Crippen LogP contribution in [-0.4, -0.2) is 40.2 Å². The van der Waals surface area contributed by atoms with Crippen molar-refractivity contribution in [2.45, 2.75) is 39.7 Å². The van der Waals surface area contributed by atoms with Crippen molar-refractivity contribution in [3.63, 3.8) is 0 Å². The number of carbonyl (C=O) groups is 1. The van der Waals surface area contributed by atoms with Crippen molar-refractivity contribution in [2.75, 3.05) is 19.6 Å². The van der Waals surface area contributed by atoms with Crippen LogP contribution in [0.25, 0.3) is 10.4 Å². The van der Waals surface area contributed by atoms with Crippen molar-refractivity contribution in [1.29, 1.82) is 0 Å². The summed E-state index contributed by atoms with van der Waals surface area (Å²) in [4.78, 5) is 17.0. The maximum absolute atomic E-state index is 13.3. The Kier molecular flexibility index (Phi) is 6.58. The van der Waals surface area contributed by atoms with Gasteiger partial charge in [-0.2, -0.15) is 5.10 Å². The summed E-state index contributed by atoms with van der Waals surface area (Å²) in [5.41, 5.74) is 4.51. The number of thiophene rings is 1. The summed E-state index contributed by atoms with van der Waals surface area (Å²) in [6.07, 6.45) is 4.69. The van der Waals surface area contributed by atoms with E-state index in [9.17, 15) is 4.79 Å². The number of rotatable bonds is 7. The summed E-state index contributed by atoms with van der Waals surface area (Å²) in [5, 5.41) is 9.63. The standard InChI is InChI=1S/C25H32N4OS/c1-4-26-24(30)25(15-20-8-10-21(11-9-20)23-7-5-14-31-23)12-6-13-29(18-25)17-22-16-27-28(3)19(22)2/h5,7-11,14,16H,4,6,12-13,15,17-18H2,1-3H3,(H,26,30)/t25-/m1/s1. The topological polar surface area (TPSA) is 50.2 Å². The van der Waals surface area contributed by atoms with Gasteiger partial charge in [-0.15, -0.1) is 11.3 Å². The van der Waals surface area contributed by atoms with Gasteiger partial charge in [0.1, 0.15) is 0 Å². The van der Waals surface area contributed by atoms with E-state index in [1.165, 1.54) is 27.3 Å². The molecule has 0 bridgehead atoms. The third kappa shape index (κ3) is 4.75. The van der Waals surface area contributed by atoms with Crippen molar-refractivity contribution >= 4 is 17.2 Å². The summed E-state index contributed by atoms with van der Waals surface area (Å²) < 4.78 is 1.92. The molecular weight excluding hydrogens is 404 g/mol. The second kappa shape index (κ2) is 9.37. The summed E-state index contributed by atoms with van der Waals surface area (Å²) in [7, 11) is 1.98. The van der Waals surface area contributed by atoms with Crippen molar-refractivity contribution in [2.24, 2.45) is 12.5 Å². The first-order chi connectivity index (χ1) is 15.0. The number of piperidine rings is 1. The zero-order valence-corrected chi connectivity index (χ0v) is 19.5. The van der Waals surface area contributed by atoms with Gasteiger partial charge in [-0.25, -0.2) is 0 Å². The van der Waals surface area contributed by atoms with Gasteiger partial charge in [-0.1, -0.05) is 30.3 Å². The average molecular weight is 437 g/mol. The number of benzene rings is 1. The molecule has 1 aromatic carbocycles. The molecule has 1 atom stereocenters. The van der Waals surface area contributed by atoms with Crippen LogP contribution in [0.15, 0.2) is 48.0 Å². The number of likely N-dealkylation sites (tertiary alicyclic amines) is 1. The molecule has 3 heterocycles. The lowest BCUT2D eigenvalue weighted by atomic mass is 9.74. The van der Waals surface area contributed by atoms with E-state index >= 15 is 0 Å². The Hall–Kier alpha value is -2.44. The molecule has 3 aromatic rings. The predicted molar refractivity (Wildman–Crippen MR) is 127 cm³/mol. The molecule has 1 saturated heterocycles. The summed E-state index contributed by atoms with van der Waals surface area (Å²) >= 11 is 1.75. The molecule has 1 fully saturated rings. The van der Waals surface area contributed by atoms with Gasteiger partial charge in [0.15, 0.2) is 0 Å². The van der Waals surface area contributed by atoms with Gasteiger partial charge < -0.3 is 5.32 Å². The Bertz CT molecular complexity index is 1010. The Balaban J connectivity index is 1.54. The van der Waals surface area contributed by atoms with E-state index in [4.69, 9.17) is 0 Å². The highest BCUT2D eigenvalue weighted by atomic mass is 32.1. The molecule has 0 radical (unpaired) electrons. The maximum Gasteiger partial charge on any atom is 0.227 e. The summed E-state index contributed by atoms with van der Waals surface area (Å²) in [6, 6.07) is 13.0. The SMILES string of the molecule is CCNC(=O)[C@@]1(Cc2ccc(-c3cccs3)cc2)CCCN(Cc2cnn(C)c2C)C1. The van der Waals surface area contributed by atoms with Gasteiger partial charge in [0, 0.05) is 42.8 Å². The zero-order chi connectivity index (χ0) is 21.8. The van der Waals surface area contributed by atoms with Crippen molar-refractivity contribution < 1.29 is 4.79 Å². The van der Waals surface area contributed by atoms with Crippen LogP contribution in [0.5, 0.6) is 0 Å². The first-order valence-electron chi connectivity index (χ1n) is 11.1. The normalized spacial score (nSPS) is 19.5. The van der Waals surface area contributed by atoms with E-state index in [1.54, 1.807) is 11.3 Å². The first kappa shape index (κ1) is 21.8. The predicted octanol–water partition coefficient (Wildman–Crippen LogP) is 4.42. The lowest BCUT2D eigenvalue weighted by Crippen LogP contribution is -2.52. The van der Waals surface area contributed by atoms with Crippen LogP contribution in [0.4, 0.5) is 0 Å². The van der Waals surface area contributed by atoms with Crippen LogP contribution in [0, 0.1) is 12.3 Å². The Morgan fingerprint density at radius 1 is 1.26 bits per heavy atom. The molecule has 31 heavy (non-hydrogen) atoms. The molecule has 164 valence electrons. The van der Waals surface area contributed by atoms with E-state index in [2.05, 4.69) is 64.0 Å². The summed E-state index contributed by atoms with van der Waals surface area (Å²) in [5.74, 6) is 0.185.